The molecule has 3 nitrogen and oxygen atoms in total. The Kier molecular flexibility index (Phi) is 4.66. The van der Waals surface area contributed by atoms with Crippen molar-refractivity contribution in [1.82, 2.24) is 5.32 Å². The Morgan fingerprint density at radius 3 is 2.33 bits per heavy atom. The van der Waals surface area contributed by atoms with E-state index in [2.05, 4.69) is 5.32 Å². The van der Waals surface area contributed by atoms with Crippen LogP contribution in [0.3, 0.4) is 0 Å². The molecule has 1 amide bonds. The summed E-state index contributed by atoms with van der Waals surface area (Å²) in [4.78, 5) is 12.5. The van der Waals surface area contributed by atoms with E-state index in [0.29, 0.717) is 5.02 Å². The quantitative estimate of drug-likeness (QED) is 0.909. The van der Waals surface area contributed by atoms with E-state index in [1.54, 1.807) is 13.0 Å². The fraction of sp³-hybridized carbons (Fsp3) is 0.235. The lowest BCUT2D eigenvalue weighted by atomic mass is 9.91. The molecule has 4 heteroatoms. The minimum absolute atomic E-state index is 0.210. The van der Waals surface area contributed by atoms with E-state index in [1.165, 1.54) is 0 Å². The van der Waals surface area contributed by atoms with Crippen LogP contribution in [0, 0.1) is 0 Å². The van der Waals surface area contributed by atoms with Gasteiger partial charge < -0.3 is 11.1 Å². The molecule has 0 radical (unpaired) electrons. The third-order valence-electron chi connectivity index (χ3n) is 3.56. The SMILES string of the molecule is C[C@@H](NC(=O)C(C)(N)c1ccccc1)c1ccccc1Cl. The zero-order chi connectivity index (χ0) is 15.5. The van der Waals surface area contributed by atoms with Gasteiger partial charge in [0.15, 0.2) is 0 Å². The predicted octanol–water partition coefficient (Wildman–Crippen LogP) is 3.39. The highest BCUT2D eigenvalue weighted by Crippen LogP contribution is 2.24. The van der Waals surface area contributed by atoms with E-state index in [9.17, 15) is 4.79 Å². The summed E-state index contributed by atoms with van der Waals surface area (Å²) >= 11 is 6.15. The normalized spacial score (nSPS) is 15.0. The van der Waals surface area contributed by atoms with Gasteiger partial charge in [0, 0.05) is 5.02 Å². The van der Waals surface area contributed by atoms with Crippen molar-refractivity contribution >= 4 is 17.5 Å². The molecular formula is C17H19ClN2O. The molecule has 2 aromatic rings. The van der Waals surface area contributed by atoms with Gasteiger partial charge in [-0.2, -0.15) is 0 Å². The first-order chi connectivity index (χ1) is 9.93. The lowest BCUT2D eigenvalue weighted by molar-refractivity contribution is -0.126. The van der Waals surface area contributed by atoms with Crippen molar-refractivity contribution in [3.8, 4) is 0 Å². The molecular weight excluding hydrogens is 284 g/mol. The molecule has 0 aromatic heterocycles. The molecule has 0 saturated carbocycles. The van der Waals surface area contributed by atoms with E-state index < -0.39 is 5.54 Å². The molecule has 0 bridgehead atoms. The van der Waals surface area contributed by atoms with Gasteiger partial charge in [0.1, 0.15) is 5.54 Å². The Labute approximate surface area is 130 Å². The van der Waals surface area contributed by atoms with E-state index in [0.717, 1.165) is 11.1 Å². The molecule has 2 aromatic carbocycles. The van der Waals surface area contributed by atoms with Crippen LogP contribution in [0.5, 0.6) is 0 Å². The van der Waals surface area contributed by atoms with Crippen LogP contribution >= 0.6 is 11.6 Å². The number of rotatable bonds is 4. The minimum atomic E-state index is -1.09. The van der Waals surface area contributed by atoms with Gasteiger partial charge in [-0.3, -0.25) is 4.79 Å². The second-order valence-electron chi connectivity index (χ2n) is 5.29. The average molecular weight is 303 g/mol. The Bertz CT molecular complexity index is 626. The van der Waals surface area contributed by atoms with Gasteiger partial charge in [-0.25, -0.2) is 0 Å². The Morgan fingerprint density at radius 2 is 1.71 bits per heavy atom. The molecule has 0 heterocycles. The molecule has 0 aliphatic carbocycles. The van der Waals surface area contributed by atoms with Gasteiger partial charge in [0.05, 0.1) is 6.04 Å². The minimum Gasteiger partial charge on any atom is -0.348 e. The number of carbonyl (C=O) groups excluding carboxylic acids is 1. The second-order valence-corrected chi connectivity index (χ2v) is 5.69. The standard InChI is InChI=1S/C17H19ClN2O/c1-12(14-10-6-7-11-15(14)18)20-16(21)17(2,19)13-8-4-3-5-9-13/h3-12H,19H2,1-2H3,(H,20,21)/t12-,17?/m1/s1. The summed E-state index contributed by atoms with van der Waals surface area (Å²) in [5.41, 5.74) is 6.76. The molecule has 110 valence electrons. The van der Waals surface area contributed by atoms with Gasteiger partial charge in [0.2, 0.25) is 5.91 Å². The summed E-state index contributed by atoms with van der Waals surface area (Å²) in [5, 5.41) is 3.56. The molecule has 0 spiro atoms. The van der Waals surface area contributed by atoms with Gasteiger partial charge in [0.25, 0.3) is 0 Å². The third-order valence-corrected chi connectivity index (χ3v) is 3.91. The van der Waals surface area contributed by atoms with Crippen molar-refractivity contribution in [2.45, 2.75) is 25.4 Å². The second kappa shape index (κ2) is 6.29. The lowest BCUT2D eigenvalue weighted by Gasteiger charge is -2.26. The summed E-state index contributed by atoms with van der Waals surface area (Å²) < 4.78 is 0. The van der Waals surface area contributed by atoms with Crippen molar-refractivity contribution in [3.63, 3.8) is 0 Å². The van der Waals surface area contributed by atoms with Crippen LogP contribution in [0.4, 0.5) is 0 Å². The third kappa shape index (κ3) is 3.43. The Morgan fingerprint density at radius 1 is 1.14 bits per heavy atom. The maximum absolute atomic E-state index is 12.5. The van der Waals surface area contributed by atoms with Crippen molar-refractivity contribution in [3.05, 3.63) is 70.7 Å². The zero-order valence-corrected chi connectivity index (χ0v) is 12.9. The number of hydrogen-bond donors (Lipinski definition) is 2. The highest BCUT2D eigenvalue weighted by Gasteiger charge is 2.31. The molecule has 21 heavy (non-hydrogen) atoms. The Balaban J connectivity index is 2.16. The summed E-state index contributed by atoms with van der Waals surface area (Å²) in [6, 6.07) is 16.6. The average Bonchev–Trinajstić information content (AvgIpc) is 2.48. The van der Waals surface area contributed by atoms with Crippen LogP contribution in [0.2, 0.25) is 5.02 Å². The summed E-state index contributed by atoms with van der Waals surface area (Å²) in [6.45, 7) is 3.59. The number of carbonyl (C=O) groups is 1. The molecule has 0 saturated heterocycles. The molecule has 0 aliphatic rings. The van der Waals surface area contributed by atoms with Gasteiger partial charge >= 0.3 is 0 Å². The van der Waals surface area contributed by atoms with Crippen molar-refractivity contribution in [1.29, 1.82) is 0 Å². The van der Waals surface area contributed by atoms with Crippen LogP contribution in [0.25, 0.3) is 0 Å². The molecule has 3 N–H and O–H groups in total. The van der Waals surface area contributed by atoms with Crippen molar-refractivity contribution in [2.75, 3.05) is 0 Å². The number of hydrogen-bond acceptors (Lipinski definition) is 2. The van der Waals surface area contributed by atoms with Crippen LogP contribution in [-0.4, -0.2) is 5.91 Å². The van der Waals surface area contributed by atoms with Crippen LogP contribution < -0.4 is 11.1 Å². The Hall–Kier alpha value is -1.84. The highest BCUT2D eigenvalue weighted by molar-refractivity contribution is 6.31. The smallest absolute Gasteiger partial charge is 0.244 e. The van der Waals surface area contributed by atoms with Gasteiger partial charge in [-0.05, 0) is 31.0 Å². The summed E-state index contributed by atoms with van der Waals surface area (Å²) in [7, 11) is 0. The molecule has 2 atom stereocenters. The summed E-state index contributed by atoms with van der Waals surface area (Å²) in [5.74, 6) is -0.235. The fourth-order valence-corrected chi connectivity index (χ4v) is 2.47. The fourth-order valence-electron chi connectivity index (χ4n) is 2.17. The topological polar surface area (TPSA) is 55.1 Å². The number of nitrogens with two attached hydrogens (primary N) is 1. The zero-order valence-electron chi connectivity index (χ0n) is 12.1. The van der Waals surface area contributed by atoms with E-state index >= 15 is 0 Å². The molecule has 2 rings (SSSR count). The van der Waals surface area contributed by atoms with Crippen molar-refractivity contribution in [2.24, 2.45) is 5.73 Å². The number of halogens is 1. The van der Waals surface area contributed by atoms with E-state index in [-0.39, 0.29) is 11.9 Å². The van der Waals surface area contributed by atoms with Gasteiger partial charge in [-0.1, -0.05) is 60.1 Å². The van der Waals surface area contributed by atoms with Crippen LogP contribution in [0.1, 0.15) is 31.0 Å². The van der Waals surface area contributed by atoms with Crippen LogP contribution in [0.15, 0.2) is 54.6 Å². The molecule has 0 fully saturated rings. The summed E-state index contributed by atoms with van der Waals surface area (Å²) in [6.07, 6.45) is 0. The van der Waals surface area contributed by atoms with Crippen molar-refractivity contribution < 1.29 is 4.79 Å². The molecule has 1 unspecified atom stereocenters. The lowest BCUT2D eigenvalue weighted by Crippen LogP contribution is -2.49. The molecule has 0 aliphatic heterocycles. The van der Waals surface area contributed by atoms with E-state index in [1.807, 2.05) is 55.5 Å². The number of nitrogens with one attached hydrogen (secondary N) is 1. The monoisotopic (exact) mass is 302 g/mol. The van der Waals surface area contributed by atoms with Gasteiger partial charge in [-0.15, -0.1) is 0 Å². The first kappa shape index (κ1) is 15.5. The van der Waals surface area contributed by atoms with E-state index in [4.69, 9.17) is 17.3 Å². The maximum atomic E-state index is 12.5. The first-order valence-corrected chi connectivity index (χ1v) is 7.20. The highest BCUT2D eigenvalue weighted by atomic mass is 35.5. The largest absolute Gasteiger partial charge is 0.348 e. The van der Waals surface area contributed by atoms with Crippen LogP contribution in [-0.2, 0) is 10.3 Å². The number of amides is 1. The number of benzene rings is 2. The first-order valence-electron chi connectivity index (χ1n) is 6.82. The predicted molar refractivity (Wildman–Crippen MR) is 86.0 cm³/mol. The maximum Gasteiger partial charge on any atom is 0.244 e.